The summed E-state index contributed by atoms with van der Waals surface area (Å²) in [7, 11) is 0. The van der Waals surface area contributed by atoms with Crippen molar-refractivity contribution < 1.29 is 9.53 Å². The van der Waals surface area contributed by atoms with Gasteiger partial charge in [-0.1, -0.05) is 0 Å². The number of aromatic nitrogens is 4. The second-order valence-electron chi connectivity index (χ2n) is 6.00. The van der Waals surface area contributed by atoms with Gasteiger partial charge in [0, 0.05) is 43.0 Å². The van der Waals surface area contributed by atoms with Crippen LogP contribution in [-0.2, 0) is 11.3 Å². The topological polar surface area (TPSA) is 76.0 Å². The van der Waals surface area contributed by atoms with Crippen LogP contribution >= 0.6 is 11.3 Å². The van der Waals surface area contributed by atoms with Gasteiger partial charge in [0.2, 0.25) is 0 Å². The number of carbonyl (C=O) groups excluding carboxylic acids is 1. The second kappa shape index (κ2) is 7.20. The molecule has 0 aromatic carbocycles. The molecule has 3 aromatic rings. The van der Waals surface area contributed by atoms with Crippen molar-refractivity contribution in [1.82, 2.24) is 24.9 Å². The number of carbonyl (C=O) groups is 1. The number of H-pyrrole nitrogens is 1. The average molecular weight is 357 g/mol. The summed E-state index contributed by atoms with van der Waals surface area (Å²) >= 11 is 1.61. The van der Waals surface area contributed by atoms with E-state index in [-0.39, 0.29) is 12.0 Å². The fraction of sp³-hybridized carbons (Fsp3) is 0.353. The first-order valence-electron chi connectivity index (χ1n) is 8.26. The number of rotatable bonds is 4. The highest BCUT2D eigenvalue weighted by Crippen LogP contribution is 2.21. The van der Waals surface area contributed by atoms with Gasteiger partial charge in [-0.2, -0.15) is 21.5 Å². The zero-order chi connectivity index (χ0) is 17.1. The van der Waals surface area contributed by atoms with Crippen LogP contribution in [0.3, 0.4) is 0 Å². The van der Waals surface area contributed by atoms with Crippen molar-refractivity contribution >= 4 is 17.2 Å². The molecule has 1 unspecified atom stereocenters. The van der Waals surface area contributed by atoms with E-state index >= 15 is 0 Å². The Hall–Kier alpha value is -2.45. The summed E-state index contributed by atoms with van der Waals surface area (Å²) < 4.78 is 7.71. The molecule has 1 amide bonds. The summed E-state index contributed by atoms with van der Waals surface area (Å²) in [5, 5.41) is 15.4. The van der Waals surface area contributed by atoms with Crippen LogP contribution in [0, 0.1) is 0 Å². The molecule has 1 aliphatic rings. The Labute approximate surface area is 149 Å². The molecule has 0 spiro atoms. The smallest absolute Gasteiger partial charge is 0.271 e. The molecule has 7 nitrogen and oxygen atoms in total. The van der Waals surface area contributed by atoms with Crippen LogP contribution in [0.2, 0.25) is 0 Å². The summed E-state index contributed by atoms with van der Waals surface area (Å²) in [5.41, 5.74) is 2.33. The maximum absolute atomic E-state index is 12.9. The summed E-state index contributed by atoms with van der Waals surface area (Å²) in [6.45, 7) is 2.52. The van der Waals surface area contributed by atoms with Crippen LogP contribution in [0.4, 0.5) is 0 Å². The molecule has 1 N–H and O–H groups in total. The molecule has 1 fully saturated rings. The number of aromatic amines is 1. The summed E-state index contributed by atoms with van der Waals surface area (Å²) in [4.78, 5) is 14.7. The van der Waals surface area contributed by atoms with Gasteiger partial charge >= 0.3 is 0 Å². The van der Waals surface area contributed by atoms with Crippen molar-refractivity contribution in [2.75, 3.05) is 19.7 Å². The number of nitrogens with zero attached hydrogens (tertiary/aromatic N) is 4. The summed E-state index contributed by atoms with van der Waals surface area (Å²) in [6.07, 6.45) is 4.41. The van der Waals surface area contributed by atoms with Crippen molar-refractivity contribution in [3.63, 3.8) is 0 Å². The first kappa shape index (κ1) is 16.0. The van der Waals surface area contributed by atoms with Gasteiger partial charge in [0.05, 0.1) is 18.3 Å². The van der Waals surface area contributed by atoms with E-state index in [0.29, 0.717) is 31.9 Å². The van der Waals surface area contributed by atoms with Crippen LogP contribution in [0.15, 0.2) is 41.4 Å². The third-order valence-corrected chi connectivity index (χ3v) is 4.90. The lowest BCUT2D eigenvalue weighted by Gasteiger charge is -2.23. The molecule has 0 saturated carbocycles. The zero-order valence-corrected chi connectivity index (χ0v) is 14.5. The quantitative estimate of drug-likeness (QED) is 0.777. The number of hydrogen-bond donors (Lipinski definition) is 1. The van der Waals surface area contributed by atoms with E-state index in [0.717, 1.165) is 17.7 Å². The molecule has 3 aromatic heterocycles. The SMILES string of the molecule is O=C(c1cc(-c2ccsc2)n[nH]1)N1CCCOC(Cn2cccn2)C1. The first-order valence-corrected chi connectivity index (χ1v) is 9.20. The largest absolute Gasteiger partial charge is 0.374 e. The van der Waals surface area contributed by atoms with Crippen LogP contribution in [0.5, 0.6) is 0 Å². The Balaban J connectivity index is 1.46. The van der Waals surface area contributed by atoms with Crippen molar-refractivity contribution in [1.29, 1.82) is 0 Å². The monoisotopic (exact) mass is 357 g/mol. The van der Waals surface area contributed by atoms with E-state index in [1.165, 1.54) is 0 Å². The van der Waals surface area contributed by atoms with Crippen LogP contribution in [-0.4, -0.2) is 56.6 Å². The van der Waals surface area contributed by atoms with Gasteiger partial charge in [0.1, 0.15) is 5.69 Å². The predicted molar refractivity (Wildman–Crippen MR) is 94.4 cm³/mol. The van der Waals surface area contributed by atoms with E-state index in [2.05, 4.69) is 15.3 Å². The Morgan fingerprint density at radius 3 is 3.24 bits per heavy atom. The van der Waals surface area contributed by atoms with E-state index in [9.17, 15) is 4.79 Å². The van der Waals surface area contributed by atoms with Gasteiger partial charge < -0.3 is 9.64 Å². The van der Waals surface area contributed by atoms with E-state index < -0.39 is 0 Å². The van der Waals surface area contributed by atoms with Gasteiger partial charge in [-0.05, 0) is 30.0 Å². The van der Waals surface area contributed by atoms with Crippen molar-refractivity contribution in [2.24, 2.45) is 0 Å². The molecular formula is C17H19N5O2S. The number of nitrogens with one attached hydrogen (secondary N) is 1. The highest BCUT2D eigenvalue weighted by Gasteiger charge is 2.25. The molecule has 0 radical (unpaired) electrons. The number of thiophene rings is 1. The number of ether oxygens (including phenoxy) is 1. The number of hydrogen-bond acceptors (Lipinski definition) is 5. The molecule has 1 aliphatic heterocycles. The Morgan fingerprint density at radius 2 is 2.44 bits per heavy atom. The zero-order valence-electron chi connectivity index (χ0n) is 13.7. The lowest BCUT2D eigenvalue weighted by Crippen LogP contribution is -2.38. The van der Waals surface area contributed by atoms with Gasteiger partial charge in [-0.3, -0.25) is 14.6 Å². The molecule has 4 heterocycles. The van der Waals surface area contributed by atoms with Crippen LogP contribution in [0.1, 0.15) is 16.9 Å². The number of amides is 1. The molecule has 0 aliphatic carbocycles. The second-order valence-corrected chi connectivity index (χ2v) is 6.78. The Morgan fingerprint density at radius 1 is 1.48 bits per heavy atom. The maximum atomic E-state index is 12.9. The maximum Gasteiger partial charge on any atom is 0.271 e. The van der Waals surface area contributed by atoms with Gasteiger partial charge in [-0.25, -0.2) is 0 Å². The van der Waals surface area contributed by atoms with E-state index in [4.69, 9.17) is 4.74 Å². The van der Waals surface area contributed by atoms with Gasteiger partial charge in [0.25, 0.3) is 5.91 Å². The average Bonchev–Trinajstić information content (AvgIpc) is 3.35. The van der Waals surface area contributed by atoms with E-state index in [1.807, 2.05) is 44.7 Å². The molecular weight excluding hydrogens is 338 g/mol. The van der Waals surface area contributed by atoms with Crippen molar-refractivity contribution in [2.45, 2.75) is 19.1 Å². The lowest BCUT2D eigenvalue weighted by atomic mass is 10.2. The fourth-order valence-electron chi connectivity index (χ4n) is 2.97. The minimum atomic E-state index is -0.0642. The molecule has 8 heteroatoms. The lowest BCUT2D eigenvalue weighted by molar-refractivity contribution is 0.0365. The Kier molecular flexibility index (Phi) is 4.62. The fourth-order valence-corrected chi connectivity index (χ4v) is 3.62. The molecule has 0 bridgehead atoms. The minimum absolute atomic E-state index is 0.0371. The van der Waals surface area contributed by atoms with Crippen LogP contribution < -0.4 is 0 Å². The molecule has 1 atom stereocenters. The standard InChI is InChI=1S/C17H19N5O2S/c23-17(16-9-15(19-20-16)13-3-8-25-12-13)21-5-2-7-24-14(10-21)11-22-6-1-4-18-22/h1,3-4,6,8-9,12,14H,2,5,7,10-11H2,(H,19,20). The molecule has 130 valence electrons. The highest BCUT2D eigenvalue weighted by atomic mass is 32.1. The van der Waals surface area contributed by atoms with Gasteiger partial charge in [-0.15, -0.1) is 0 Å². The first-order chi connectivity index (χ1) is 12.3. The molecule has 4 rings (SSSR count). The van der Waals surface area contributed by atoms with Crippen LogP contribution in [0.25, 0.3) is 11.3 Å². The minimum Gasteiger partial charge on any atom is -0.374 e. The predicted octanol–water partition coefficient (Wildman–Crippen LogP) is 2.27. The molecule has 25 heavy (non-hydrogen) atoms. The Bertz CT molecular complexity index is 812. The van der Waals surface area contributed by atoms with Gasteiger partial charge in [0.15, 0.2) is 0 Å². The summed E-state index contributed by atoms with van der Waals surface area (Å²) in [6, 6.07) is 5.70. The highest BCUT2D eigenvalue weighted by molar-refractivity contribution is 7.08. The summed E-state index contributed by atoms with van der Waals surface area (Å²) in [5.74, 6) is -0.0371. The normalized spacial score (nSPS) is 18.2. The third-order valence-electron chi connectivity index (χ3n) is 4.21. The molecule has 1 saturated heterocycles. The third kappa shape index (κ3) is 3.64. The van der Waals surface area contributed by atoms with E-state index in [1.54, 1.807) is 17.5 Å². The van der Waals surface area contributed by atoms with Crippen molar-refractivity contribution in [3.05, 3.63) is 47.0 Å². The van der Waals surface area contributed by atoms with Crippen molar-refractivity contribution in [3.8, 4) is 11.3 Å².